The Morgan fingerprint density at radius 2 is 2.17 bits per heavy atom. The summed E-state index contributed by atoms with van der Waals surface area (Å²) in [5.74, 6) is -0.136. The second kappa shape index (κ2) is 7.46. The summed E-state index contributed by atoms with van der Waals surface area (Å²) in [6.07, 6.45) is 1.01. The van der Waals surface area contributed by atoms with Crippen molar-refractivity contribution in [3.05, 3.63) is 44.3 Å². The molecule has 0 aliphatic carbocycles. The van der Waals surface area contributed by atoms with Gasteiger partial charge in [-0.25, -0.2) is 0 Å². The number of hydrogen-bond donors (Lipinski definition) is 2. The number of quaternary nitrogens is 1. The van der Waals surface area contributed by atoms with E-state index in [1.165, 1.54) is 25.1 Å². The first-order chi connectivity index (χ1) is 11.6. The van der Waals surface area contributed by atoms with Crippen molar-refractivity contribution in [2.24, 2.45) is 0 Å². The summed E-state index contributed by atoms with van der Waals surface area (Å²) in [5, 5.41) is 6.80. The second-order valence-electron chi connectivity index (χ2n) is 6.01. The molecule has 2 aromatic heterocycles. The van der Waals surface area contributed by atoms with Crippen LogP contribution in [0.4, 0.5) is 0 Å². The fourth-order valence-electron chi connectivity index (χ4n) is 3.16. The Balaban J connectivity index is 1.77. The molecule has 0 fully saturated rings. The van der Waals surface area contributed by atoms with E-state index in [-0.39, 0.29) is 24.4 Å². The van der Waals surface area contributed by atoms with Gasteiger partial charge in [0.1, 0.15) is 6.04 Å². The summed E-state index contributed by atoms with van der Waals surface area (Å²) < 4.78 is 0. The van der Waals surface area contributed by atoms with E-state index >= 15 is 0 Å². The molecule has 0 bridgehead atoms. The standard InChI is InChI=1S/C17H21N3O2S2/c1-18-15(21)10-19(2)16(22)11-20-7-5-13-12(6-9-24-13)17(20)14-4-3-8-23-14/h3-4,6,8-9,17H,5,7,10-11H2,1-2H3,(H,18,21)/p+1/t17-/m1/s1. The highest BCUT2D eigenvalue weighted by Crippen LogP contribution is 2.31. The molecule has 0 spiro atoms. The van der Waals surface area contributed by atoms with Gasteiger partial charge in [-0.2, -0.15) is 0 Å². The van der Waals surface area contributed by atoms with Gasteiger partial charge in [0.05, 0.1) is 18.0 Å². The lowest BCUT2D eigenvalue weighted by Crippen LogP contribution is -3.14. The van der Waals surface area contributed by atoms with Gasteiger partial charge >= 0.3 is 0 Å². The molecular formula is C17H22N3O2S2+. The van der Waals surface area contributed by atoms with Crippen LogP contribution >= 0.6 is 22.7 Å². The molecule has 2 N–H and O–H groups in total. The molecule has 3 rings (SSSR count). The summed E-state index contributed by atoms with van der Waals surface area (Å²) in [5.41, 5.74) is 1.35. The number of nitrogens with one attached hydrogen (secondary N) is 2. The van der Waals surface area contributed by atoms with Gasteiger partial charge in [-0.1, -0.05) is 6.07 Å². The van der Waals surface area contributed by atoms with Crippen molar-refractivity contribution in [2.75, 3.05) is 33.7 Å². The highest BCUT2D eigenvalue weighted by molar-refractivity contribution is 7.10. The summed E-state index contributed by atoms with van der Waals surface area (Å²) in [6.45, 7) is 1.46. The molecule has 0 aromatic carbocycles. The Hall–Kier alpha value is -1.70. The van der Waals surface area contributed by atoms with E-state index in [9.17, 15) is 9.59 Å². The van der Waals surface area contributed by atoms with E-state index < -0.39 is 0 Å². The fourth-order valence-corrected chi connectivity index (χ4v) is 4.98. The third kappa shape index (κ3) is 3.53. The molecule has 0 saturated carbocycles. The minimum atomic E-state index is -0.144. The van der Waals surface area contributed by atoms with Crippen LogP contribution in [0.25, 0.3) is 0 Å². The summed E-state index contributed by atoms with van der Waals surface area (Å²) in [6, 6.07) is 6.64. The number of fused-ring (bicyclic) bond motifs is 1. The van der Waals surface area contributed by atoms with E-state index in [0.717, 1.165) is 13.0 Å². The smallest absolute Gasteiger partial charge is 0.277 e. The fraction of sp³-hybridized carbons (Fsp3) is 0.412. The van der Waals surface area contributed by atoms with Gasteiger partial charge in [0.2, 0.25) is 5.91 Å². The van der Waals surface area contributed by atoms with Crippen LogP contribution < -0.4 is 10.2 Å². The normalized spacial score (nSPS) is 19.6. The molecule has 0 radical (unpaired) electrons. The third-order valence-electron chi connectivity index (χ3n) is 4.46. The number of rotatable bonds is 5. The van der Waals surface area contributed by atoms with Gasteiger partial charge in [0.25, 0.3) is 5.91 Å². The first-order valence-corrected chi connectivity index (χ1v) is 9.75. The van der Waals surface area contributed by atoms with Crippen LogP contribution in [-0.4, -0.2) is 50.4 Å². The Labute approximate surface area is 149 Å². The quantitative estimate of drug-likeness (QED) is 0.814. The monoisotopic (exact) mass is 364 g/mol. The molecule has 1 unspecified atom stereocenters. The van der Waals surface area contributed by atoms with Gasteiger partial charge in [-0.05, 0) is 22.9 Å². The summed E-state index contributed by atoms with van der Waals surface area (Å²) in [4.78, 5) is 29.6. The van der Waals surface area contributed by atoms with Crippen LogP contribution in [-0.2, 0) is 16.0 Å². The van der Waals surface area contributed by atoms with Gasteiger partial charge in [-0.3, -0.25) is 9.59 Å². The van der Waals surface area contributed by atoms with Crippen LogP contribution in [0.2, 0.25) is 0 Å². The first kappa shape index (κ1) is 17.1. The van der Waals surface area contributed by atoms with Crippen molar-refractivity contribution >= 4 is 34.5 Å². The van der Waals surface area contributed by atoms with Gasteiger partial charge in [0, 0.05) is 31.0 Å². The third-order valence-corrected chi connectivity index (χ3v) is 6.40. The van der Waals surface area contributed by atoms with Crippen molar-refractivity contribution in [3.8, 4) is 0 Å². The van der Waals surface area contributed by atoms with Gasteiger partial charge < -0.3 is 15.1 Å². The minimum Gasteiger partial charge on any atom is -0.358 e. The predicted molar refractivity (Wildman–Crippen MR) is 96.6 cm³/mol. The largest absolute Gasteiger partial charge is 0.358 e. The van der Waals surface area contributed by atoms with E-state index in [4.69, 9.17) is 0 Å². The average molecular weight is 365 g/mol. The predicted octanol–water partition coefficient (Wildman–Crippen LogP) is 0.544. The number of carbonyl (C=O) groups excluding carboxylic acids is 2. The van der Waals surface area contributed by atoms with Gasteiger partial charge in [0.15, 0.2) is 6.54 Å². The lowest BCUT2D eigenvalue weighted by atomic mass is 9.98. The first-order valence-electron chi connectivity index (χ1n) is 7.99. The topological polar surface area (TPSA) is 53.9 Å². The SMILES string of the molecule is CNC(=O)CN(C)C(=O)C[NH+]1CCc2sccc2[C@@H]1c1cccs1. The van der Waals surface area contributed by atoms with Crippen LogP contribution in [0.3, 0.4) is 0 Å². The molecule has 1 aliphatic rings. The molecule has 2 amide bonds. The van der Waals surface area contributed by atoms with Crippen LogP contribution in [0.5, 0.6) is 0 Å². The van der Waals surface area contributed by atoms with Crippen molar-refractivity contribution in [2.45, 2.75) is 12.5 Å². The van der Waals surface area contributed by atoms with Crippen molar-refractivity contribution in [3.63, 3.8) is 0 Å². The molecule has 5 nitrogen and oxygen atoms in total. The van der Waals surface area contributed by atoms with Crippen LogP contribution in [0, 0.1) is 0 Å². The van der Waals surface area contributed by atoms with E-state index in [1.54, 1.807) is 25.4 Å². The maximum Gasteiger partial charge on any atom is 0.277 e. The zero-order valence-corrected chi connectivity index (χ0v) is 15.5. The molecule has 128 valence electrons. The zero-order chi connectivity index (χ0) is 17.1. The molecule has 2 atom stereocenters. The molecule has 3 heterocycles. The Morgan fingerprint density at radius 1 is 1.33 bits per heavy atom. The van der Waals surface area contributed by atoms with Crippen LogP contribution in [0.15, 0.2) is 29.0 Å². The Bertz CT molecular complexity index is 711. The summed E-state index contributed by atoms with van der Waals surface area (Å²) >= 11 is 3.55. The van der Waals surface area contributed by atoms with E-state index in [2.05, 4.69) is 34.3 Å². The highest BCUT2D eigenvalue weighted by Gasteiger charge is 2.35. The van der Waals surface area contributed by atoms with E-state index in [0.29, 0.717) is 6.54 Å². The zero-order valence-electron chi connectivity index (χ0n) is 13.9. The van der Waals surface area contributed by atoms with Crippen molar-refractivity contribution in [1.29, 1.82) is 0 Å². The number of nitrogens with zero attached hydrogens (tertiary/aromatic N) is 1. The molecule has 1 aliphatic heterocycles. The maximum atomic E-state index is 12.6. The van der Waals surface area contributed by atoms with Gasteiger partial charge in [-0.15, -0.1) is 22.7 Å². The number of amides is 2. The lowest BCUT2D eigenvalue weighted by molar-refractivity contribution is -0.919. The number of likely N-dealkylation sites (N-methyl/N-ethyl adjacent to an activating group) is 2. The van der Waals surface area contributed by atoms with Crippen LogP contribution in [0.1, 0.15) is 21.4 Å². The molecule has 0 saturated heterocycles. The molecular weight excluding hydrogens is 342 g/mol. The summed E-state index contributed by atoms with van der Waals surface area (Å²) in [7, 11) is 3.28. The van der Waals surface area contributed by atoms with E-state index in [1.807, 2.05) is 11.3 Å². The lowest BCUT2D eigenvalue weighted by Gasteiger charge is -2.32. The second-order valence-corrected chi connectivity index (χ2v) is 7.99. The maximum absolute atomic E-state index is 12.6. The highest BCUT2D eigenvalue weighted by atomic mass is 32.1. The minimum absolute atomic E-state index is 0.00818. The average Bonchev–Trinajstić information content (AvgIpc) is 3.25. The number of hydrogen-bond acceptors (Lipinski definition) is 4. The molecule has 7 heteroatoms. The molecule has 24 heavy (non-hydrogen) atoms. The van der Waals surface area contributed by atoms with Crippen molar-refractivity contribution in [1.82, 2.24) is 10.2 Å². The molecule has 2 aromatic rings. The Morgan fingerprint density at radius 3 is 2.88 bits per heavy atom. The number of thiophene rings is 2. The Kier molecular flexibility index (Phi) is 5.33. The van der Waals surface area contributed by atoms with Crippen molar-refractivity contribution < 1.29 is 14.5 Å². The number of carbonyl (C=O) groups is 2.